The van der Waals surface area contributed by atoms with Gasteiger partial charge < -0.3 is 10.8 Å². The summed E-state index contributed by atoms with van der Waals surface area (Å²) in [4.78, 5) is 4.82. The summed E-state index contributed by atoms with van der Waals surface area (Å²) in [5.41, 5.74) is 4.86. The van der Waals surface area contributed by atoms with Crippen LogP contribution in [0.25, 0.3) is 0 Å². The minimum atomic E-state index is -0.588. The molecule has 1 heterocycles. The molecular weight excluding hydrogens is 160 g/mol. The Hall–Kier alpha value is -0.610. The van der Waals surface area contributed by atoms with Gasteiger partial charge in [0.25, 0.3) is 0 Å². The van der Waals surface area contributed by atoms with E-state index in [0.29, 0.717) is 5.13 Å². The Morgan fingerprint density at radius 2 is 2.36 bits per heavy atom. The van der Waals surface area contributed by atoms with Crippen LogP contribution in [0, 0.1) is 0 Å². The van der Waals surface area contributed by atoms with Crippen LogP contribution in [-0.4, -0.2) is 10.1 Å². The number of nitrogens with zero attached hydrogens (tertiary/aromatic N) is 1. The van der Waals surface area contributed by atoms with Gasteiger partial charge in [-0.15, -0.1) is 0 Å². The van der Waals surface area contributed by atoms with E-state index in [1.807, 2.05) is 0 Å². The number of anilines is 1. The number of thiazole rings is 1. The van der Waals surface area contributed by atoms with E-state index in [-0.39, 0.29) is 0 Å². The molecule has 2 rings (SSSR count). The normalized spacial score (nSPS) is 21.2. The minimum Gasteiger partial charge on any atom is -0.384 e. The predicted molar refractivity (Wildman–Crippen MR) is 44.3 cm³/mol. The lowest BCUT2D eigenvalue weighted by atomic mass is 9.79. The van der Waals surface area contributed by atoms with E-state index < -0.39 is 5.60 Å². The zero-order valence-electron chi connectivity index (χ0n) is 6.08. The number of aromatic nitrogens is 1. The average molecular weight is 170 g/mol. The second kappa shape index (κ2) is 2.19. The summed E-state index contributed by atoms with van der Waals surface area (Å²) in [5.74, 6) is 0. The van der Waals surface area contributed by atoms with Crippen LogP contribution < -0.4 is 5.73 Å². The first-order chi connectivity index (χ1) is 5.21. The van der Waals surface area contributed by atoms with Gasteiger partial charge in [-0.25, -0.2) is 4.98 Å². The molecule has 1 aromatic rings. The Morgan fingerprint density at radius 1 is 1.64 bits per heavy atom. The zero-order chi connectivity index (χ0) is 7.90. The van der Waals surface area contributed by atoms with Crippen molar-refractivity contribution in [2.75, 3.05) is 5.73 Å². The van der Waals surface area contributed by atoms with Crippen LogP contribution in [0.2, 0.25) is 0 Å². The molecule has 1 fully saturated rings. The summed E-state index contributed by atoms with van der Waals surface area (Å²) in [7, 11) is 0. The van der Waals surface area contributed by atoms with Crippen molar-refractivity contribution in [2.24, 2.45) is 0 Å². The van der Waals surface area contributed by atoms with E-state index in [0.717, 1.165) is 24.1 Å². The van der Waals surface area contributed by atoms with Crippen LogP contribution in [0.4, 0.5) is 5.13 Å². The monoisotopic (exact) mass is 170 g/mol. The van der Waals surface area contributed by atoms with Crippen molar-refractivity contribution in [3.8, 4) is 0 Å². The number of hydrogen-bond donors (Lipinski definition) is 2. The molecule has 60 valence electrons. The maximum atomic E-state index is 9.81. The van der Waals surface area contributed by atoms with Crippen LogP contribution in [0.1, 0.15) is 24.1 Å². The van der Waals surface area contributed by atoms with E-state index in [1.54, 1.807) is 6.20 Å². The summed E-state index contributed by atoms with van der Waals surface area (Å²) < 4.78 is 0. The van der Waals surface area contributed by atoms with Crippen molar-refractivity contribution in [1.29, 1.82) is 0 Å². The van der Waals surface area contributed by atoms with Gasteiger partial charge in [-0.3, -0.25) is 0 Å². The highest BCUT2D eigenvalue weighted by Gasteiger charge is 2.37. The Bertz CT molecular complexity index is 267. The summed E-state index contributed by atoms with van der Waals surface area (Å²) in [6, 6.07) is 0. The maximum absolute atomic E-state index is 9.81. The lowest BCUT2D eigenvalue weighted by molar-refractivity contribution is -0.0355. The second-order valence-corrected chi connectivity index (χ2v) is 4.01. The highest BCUT2D eigenvalue weighted by molar-refractivity contribution is 7.15. The van der Waals surface area contributed by atoms with Crippen LogP contribution in [0.15, 0.2) is 6.20 Å². The second-order valence-electron chi connectivity index (χ2n) is 2.95. The fourth-order valence-corrected chi connectivity index (χ4v) is 2.09. The van der Waals surface area contributed by atoms with E-state index in [2.05, 4.69) is 4.98 Å². The van der Waals surface area contributed by atoms with Gasteiger partial charge in [-0.05, 0) is 19.3 Å². The highest BCUT2D eigenvalue weighted by atomic mass is 32.1. The van der Waals surface area contributed by atoms with Gasteiger partial charge in [0, 0.05) is 6.20 Å². The Morgan fingerprint density at radius 3 is 2.73 bits per heavy atom. The standard InChI is InChI=1S/C7H10N2OS/c8-6-9-4-5(11-6)7(10)2-1-3-7/h4,10H,1-3H2,(H2,8,9). The van der Waals surface area contributed by atoms with Gasteiger partial charge in [-0.1, -0.05) is 11.3 Å². The molecule has 3 N–H and O–H groups in total. The molecule has 0 spiro atoms. The van der Waals surface area contributed by atoms with E-state index in [4.69, 9.17) is 5.73 Å². The fourth-order valence-electron chi connectivity index (χ4n) is 1.26. The minimum absolute atomic E-state index is 0.542. The van der Waals surface area contributed by atoms with E-state index >= 15 is 0 Å². The Labute approximate surface area is 68.9 Å². The molecule has 4 heteroatoms. The molecule has 1 saturated carbocycles. The van der Waals surface area contributed by atoms with Crippen molar-refractivity contribution in [3.05, 3.63) is 11.1 Å². The summed E-state index contributed by atoms with van der Waals surface area (Å²) in [6.07, 6.45) is 4.50. The summed E-state index contributed by atoms with van der Waals surface area (Å²) in [6.45, 7) is 0. The Kier molecular flexibility index (Phi) is 1.40. The molecule has 1 aliphatic carbocycles. The summed E-state index contributed by atoms with van der Waals surface area (Å²) >= 11 is 1.39. The fraction of sp³-hybridized carbons (Fsp3) is 0.571. The molecule has 1 aromatic heterocycles. The molecule has 0 amide bonds. The molecule has 0 atom stereocenters. The molecular formula is C7H10N2OS. The number of nitrogen functional groups attached to an aromatic ring is 1. The first-order valence-corrected chi connectivity index (χ1v) is 4.46. The molecule has 0 unspecified atom stereocenters. The third kappa shape index (κ3) is 1.02. The first-order valence-electron chi connectivity index (χ1n) is 3.65. The smallest absolute Gasteiger partial charge is 0.180 e. The average Bonchev–Trinajstić information content (AvgIpc) is 2.31. The molecule has 0 saturated heterocycles. The molecule has 3 nitrogen and oxygen atoms in total. The van der Waals surface area contributed by atoms with Crippen molar-refractivity contribution in [3.63, 3.8) is 0 Å². The number of hydrogen-bond acceptors (Lipinski definition) is 4. The van der Waals surface area contributed by atoms with Crippen molar-refractivity contribution >= 4 is 16.5 Å². The zero-order valence-corrected chi connectivity index (χ0v) is 6.90. The van der Waals surface area contributed by atoms with Crippen LogP contribution in [-0.2, 0) is 5.60 Å². The van der Waals surface area contributed by atoms with Gasteiger partial charge in [0.15, 0.2) is 5.13 Å². The number of aliphatic hydroxyl groups is 1. The van der Waals surface area contributed by atoms with Gasteiger partial charge in [0.1, 0.15) is 5.60 Å². The van der Waals surface area contributed by atoms with Crippen molar-refractivity contribution in [1.82, 2.24) is 4.98 Å². The van der Waals surface area contributed by atoms with Crippen molar-refractivity contribution < 1.29 is 5.11 Å². The van der Waals surface area contributed by atoms with Crippen LogP contribution in [0.5, 0.6) is 0 Å². The largest absolute Gasteiger partial charge is 0.384 e. The molecule has 0 radical (unpaired) electrons. The first kappa shape index (κ1) is 7.06. The molecule has 0 aliphatic heterocycles. The lowest BCUT2D eigenvalue weighted by Gasteiger charge is -2.35. The summed E-state index contributed by atoms with van der Waals surface area (Å²) in [5, 5.41) is 10.4. The van der Waals surface area contributed by atoms with E-state index in [1.165, 1.54) is 11.3 Å². The highest BCUT2D eigenvalue weighted by Crippen LogP contribution is 2.43. The lowest BCUT2D eigenvalue weighted by Crippen LogP contribution is -2.32. The van der Waals surface area contributed by atoms with Crippen molar-refractivity contribution in [2.45, 2.75) is 24.9 Å². The molecule has 0 aromatic carbocycles. The Balaban J connectivity index is 2.28. The van der Waals surface area contributed by atoms with Gasteiger partial charge >= 0.3 is 0 Å². The molecule has 1 aliphatic rings. The van der Waals surface area contributed by atoms with Gasteiger partial charge in [-0.2, -0.15) is 0 Å². The van der Waals surface area contributed by atoms with Gasteiger partial charge in [0.05, 0.1) is 4.88 Å². The SMILES string of the molecule is Nc1ncc(C2(O)CCC2)s1. The third-order valence-corrected chi connectivity index (χ3v) is 3.18. The molecule has 0 bridgehead atoms. The third-order valence-electron chi connectivity index (χ3n) is 2.16. The quantitative estimate of drug-likeness (QED) is 0.663. The van der Waals surface area contributed by atoms with Crippen LogP contribution >= 0.6 is 11.3 Å². The van der Waals surface area contributed by atoms with Crippen LogP contribution in [0.3, 0.4) is 0 Å². The predicted octanol–water partition coefficient (Wildman–Crippen LogP) is 1.10. The number of nitrogens with two attached hydrogens (primary N) is 1. The number of rotatable bonds is 1. The maximum Gasteiger partial charge on any atom is 0.180 e. The van der Waals surface area contributed by atoms with Gasteiger partial charge in [0.2, 0.25) is 0 Å². The topological polar surface area (TPSA) is 59.1 Å². The van der Waals surface area contributed by atoms with E-state index in [9.17, 15) is 5.11 Å². The molecule has 11 heavy (non-hydrogen) atoms.